The second-order valence-corrected chi connectivity index (χ2v) is 8.18. The molecule has 1 atom stereocenters. The lowest BCUT2D eigenvalue weighted by Crippen LogP contribution is -2.28. The van der Waals surface area contributed by atoms with Crippen LogP contribution in [-0.2, 0) is 16.1 Å². The van der Waals surface area contributed by atoms with Crippen molar-refractivity contribution in [3.05, 3.63) is 81.8 Å². The van der Waals surface area contributed by atoms with Crippen molar-refractivity contribution in [3.8, 4) is 11.5 Å². The van der Waals surface area contributed by atoms with E-state index in [1.54, 1.807) is 42.7 Å². The van der Waals surface area contributed by atoms with Gasteiger partial charge in [0.15, 0.2) is 11.5 Å². The number of carbonyl (C=O) groups excluding carboxylic acids is 2. The molecule has 1 fully saturated rings. The van der Waals surface area contributed by atoms with Gasteiger partial charge in [-0.05, 0) is 47.3 Å². The third kappa shape index (κ3) is 3.44. The number of fused-ring (bicyclic) bond motifs is 1. The van der Waals surface area contributed by atoms with Crippen molar-refractivity contribution in [1.82, 2.24) is 9.88 Å². The lowest BCUT2D eigenvalue weighted by Gasteiger charge is -2.25. The van der Waals surface area contributed by atoms with Gasteiger partial charge in [0.2, 0.25) is 0 Å². The summed E-state index contributed by atoms with van der Waals surface area (Å²) in [5, 5.41) is 13.1. The Kier molecular flexibility index (Phi) is 4.91. The van der Waals surface area contributed by atoms with Gasteiger partial charge in [-0.25, -0.2) is 0 Å². The summed E-state index contributed by atoms with van der Waals surface area (Å²) < 4.78 is 11.1. The number of likely N-dealkylation sites (tertiary alicyclic amines) is 1. The van der Waals surface area contributed by atoms with Gasteiger partial charge in [-0.15, -0.1) is 11.3 Å². The lowest BCUT2D eigenvalue weighted by atomic mass is 9.96. The first-order chi connectivity index (χ1) is 15.1. The van der Waals surface area contributed by atoms with Crippen LogP contribution in [0.15, 0.2) is 65.8 Å². The van der Waals surface area contributed by atoms with Crippen LogP contribution in [0.3, 0.4) is 0 Å². The maximum Gasteiger partial charge on any atom is 0.295 e. The van der Waals surface area contributed by atoms with Crippen molar-refractivity contribution in [3.63, 3.8) is 0 Å². The lowest BCUT2D eigenvalue weighted by molar-refractivity contribution is -0.140. The largest absolute Gasteiger partial charge is 0.507 e. The molecule has 7 nitrogen and oxygen atoms in total. The number of amides is 1. The smallest absolute Gasteiger partial charge is 0.295 e. The zero-order valence-corrected chi connectivity index (χ0v) is 17.2. The average molecular weight is 434 g/mol. The molecule has 1 aromatic carbocycles. The summed E-state index contributed by atoms with van der Waals surface area (Å²) in [6.07, 6.45) is 3.20. The van der Waals surface area contributed by atoms with Crippen molar-refractivity contribution in [2.75, 3.05) is 13.2 Å². The first kappa shape index (κ1) is 19.3. The van der Waals surface area contributed by atoms with Crippen LogP contribution in [0.2, 0.25) is 0 Å². The van der Waals surface area contributed by atoms with Crippen LogP contribution in [0.5, 0.6) is 11.5 Å². The second-order valence-electron chi connectivity index (χ2n) is 7.15. The Bertz CT molecular complexity index is 1170. The number of ketones is 1. The topological polar surface area (TPSA) is 89.0 Å². The molecular weight excluding hydrogens is 416 g/mol. The number of hydrogen-bond acceptors (Lipinski definition) is 7. The van der Waals surface area contributed by atoms with E-state index in [0.717, 1.165) is 4.88 Å². The first-order valence-corrected chi connectivity index (χ1v) is 10.6. The van der Waals surface area contributed by atoms with Gasteiger partial charge in [0, 0.05) is 22.8 Å². The number of carbonyl (C=O) groups is 2. The van der Waals surface area contributed by atoms with E-state index in [1.165, 1.54) is 16.2 Å². The number of thiophene rings is 1. The van der Waals surface area contributed by atoms with Crippen LogP contribution in [0.4, 0.5) is 0 Å². The van der Waals surface area contributed by atoms with Crippen molar-refractivity contribution in [1.29, 1.82) is 0 Å². The Labute approximate surface area is 182 Å². The molecule has 0 radical (unpaired) electrons. The van der Waals surface area contributed by atoms with Crippen molar-refractivity contribution < 1.29 is 24.2 Å². The summed E-state index contributed by atoms with van der Waals surface area (Å²) >= 11 is 1.51. The summed E-state index contributed by atoms with van der Waals surface area (Å²) in [5.74, 6) is -0.541. The predicted molar refractivity (Wildman–Crippen MR) is 114 cm³/mol. The van der Waals surface area contributed by atoms with E-state index in [1.807, 2.05) is 17.5 Å². The fraction of sp³-hybridized carbons (Fsp3) is 0.174. The number of hydrogen-bond donors (Lipinski definition) is 1. The molecule has 2 aliphatic rings. The van der Waals surface area contributed by atoms with Crippen LogP contribution in [0.25, 0.3) is 5.76 Å². The van der Waals surface area contributed by atoms with Gasteiger partial charge in [0.05, 0.1) is 18.2 Å². The van der Waals surface area contributed by atoms with Gasteiger partial charge >= 0.3 is 0 Å². The Hall–Kier alpha value is -3.65. The van der Waals surface area contributed by atoms with Crippen LogP contribution in [0, 0.1) is 0 Å². The molecule has 31 heavy (non-hydrogen) atoms. The molecule has 0 aliphatic carbocycles. The Morgan fingerprint density at radius 2 is 1.87 bits per heavy atom. The van der Waals surface area contributed by atoms with Gasteiger partial charge in [-0.1, -0.05) is 6.07 Å². The molecule has 1 amide bonds. The van der Waals surface area contributed by atoms with Gasteiger partial charge in [0.1, 0.15) is 19.0 Å². The van der Waals surface area contributed by atoms with E-state index in [-0.39, 0.29) is 17.9 Å². The van der Waals surface area contributed by atoms with E-state index in [9.17, 15) is 14.7 Å². The van der Waals surface area contributed by atoms with Crippen LogP contribution >= 0.6 is 11.3 Å². The molecule has 8 heteroatoms. The number of aliphatic hydroxyl groups excluding tert-OH is 1. The van der Waals surface area contributed by atoms with Crippen molar-refractivity contribution in [2.24, 2.45) is 0 Å². The van der Waals surface area contributed by atoms with Gasteiger partial charge in [-0.3, -0.25) is 14.6 Å². The summed E-state index contributed by atoms with van der Waals surface area (Å²) in [4.78, 5) is 32.5. The number of benzene rings is 1. The highest BCUT2D eigenvalue weighted by atomic mass is 32.1. The Balaban J connectivity index is 1.63. The molecular formula is C23H18N2O5S. The highest BCUT2D eigenvalue weighted by molar-refractivity contribution is 7.09. The SMILES string of the molecule is O=C1C(=O)N(Cc2cccs2)C(c2ccncc2)/C1=C(/O)c1ccc2c(c1)OCCO2. The fourth-order valence-corrected chi connectivity index (χ4v) is 4.55. The number of aromatic nitrogens is 1. The molecule has 0 saturated carbocycles. The standard InChI is InChI=1S/C23H18N2O5S/c26-21(15-3-4-17-18(12-15)30-10-9-29-17)19-20(14-5-7-24-8-6-14)25(23(28)22(19)27)13-16-2-1-11-31-16/h1-8,11-12,20,26H,9-10,13H2/b21-19-. The predicted octanol–water partition coefficient (Wildman–Crippen LogP) is 3.54. The van der Waals surface area contributed by atoms with Crippen molar-refractivity contribution in [2.45, 2.75) is 12.6 Å². The fourth-order valence-electron chi connectivity index (χ4n) is 3.85. The van der Waals surface area contributed by atoms with E-state index in [0.29, 0.717) is 35.8 Å². The van der Waals surface area contributed by atoms with Crippen LogP contribution < -0.4 is 9.47 Å². The van der Waals surface area contributed by atoms with Crippen molar-refractivity contribution >= 4 is 28.8 Å². The molecule has 3 aromatic rings. The summed E-state index contributed by atoms with van der Waals surface area (Å²) in [6, 6.07) is 11.5. The molecule has 0 bridgehead atoms. The molecule has 2 aromatic heterocycles. The number of rotatable bonds is 4. The average Bonchev–Trinajstić information content (AvgIpc) is 3.41. The summed E-state index contributed by atoms with van der Waals surface area (Å²) in [7, 11) is 0. The number of pyridine rings is 1. The first-order valence-electron chi connectivity index (χ1n) is 9.74. The van der Waals surface area contributed by atoms with Crippen LogP contribution in [0.1, 0.15) is 22.0 Å². The Morgan fingerprint density at radius 1 is 1.10 bits per heavy atom. The zero-order chi connectivity index (χ0) is 21.4. The quantitative estimate of drug-likeness (QED) is 0.384. The minimum atomic E-state index is -0.724. The third-order valence-corrected chi connectivity index (χ3v) is 6.14. The zero-order valence-electron chi connectivity index (χ0n) is 16.4. The molecule has 2 aliphatic heterocycles. The third-order valence-electron chi connectivity index (χ3n) is 5.28. The molecule has 1 N–H and O–H groups in total. The molecule has 156 valence electrons. The number of Topliss-reactive ketones (excluding diaryl/α,β-unsaturated/α-hetero) is 1. The minimum Gasteiger partial charge on any atom is -0.507 e. The number of aliphatic hydroxyl groups is 1. The Morgan fingerprint density at radius 3 is 2.61 bits per heavy atom. The summed E-state index contributed by atoms with van der Waals surface area (Å²) in [6.45, 7) is 1.13. The normalized spacial score (nSPS) is 19.6. The van der Waals surface area contributed by atoms with E-state index in [2.05, 4.69) is 4.98 Å². The monoisotopic (exact) mass is 434 g/mol. The molecule has 1 saturated heterocycles. The van der Waals surface area contributed by atoms with Crippen LogP contribution in [-0.4, -0.2) is 39.9 Å². The number of nitrogens with zero attached hydrogens (tertiary/aromatic N) is 2. The van der Waals surface area contributed by atoms with Gasteiger partial charge in [-0.2, -0.15) is 0 Å². The van der Waals surface area contributed by atoms with E-state index >= 15 is 0 Å². The number of ether oxygens (including phenoxy) is 2. The maximum atomic E-state index is 13.1. The van der Waals surface area contributed by atoms with E-state index in [4.69, 9.17) is 9.47 Å². The molecule has 0 spiro atoms. The maximum absolute atomic E-state index is 13.1. The minimum absolute atomic E-state index is 0.0458. The van der Waals surface area contributed by atoms with E-state index < -0.39 is 17.7 Å². The highest BCUT2D eigenvalue weighted by Crippen LogP contribution is 2.41. The second kappa shape index (κ2) is 7.88. The molecule has 4 heterocycles. The van der Waals surface area contributed by atoms with Gasteiger partial charge in [0.25, 0.3) is 11.7 Å². The van der Waals surface area contributed by atoms with Gasteiger partial charge < -0.3 is 19.5 Å². The molecule has 5 rings (SSSR count). The summed E-state index contributed by atoms with van der Waals surface area (Å²) in [5.41, 5.74) is 1.13. The highest BCUT2D eigenvalue weighted by Gasteiger charge is 2.46. The molecule has 1 unspecified atom stereocenters.